The second-order valence-corrected chi connectivity index (χ2v) is 10.3. The van der Waals surface area contributed by atoms with Crippen LogP contribution in [-0.2, 0) is 10.0 Å². The number of hydrogen-bond donors (Lipinski definition) is 1. The average Bonchev–Trinajstić information content (AvgIpc) is 2.91. The van der Waals surface area contributed by atoms with Gasteiger partial charge in [0.25, 0.3) is 15.9 Å². The lowest BCUT2D eigenvalue weighted by Gasteiger charge is -2.05. The Morgan fingerprint density at radius 1 is 1.30 bits per heavy atom. The molecule has 0 amide bonds. The van der Waals surface area contributed by atoms with Crippen molar-refractivity contribution in [1.29, 1.82) is 0 Å². The van der Waals surface area contributed by atoms with Gasteiger partial charge < -0.3 is 4.52 Å². The minimum Gasteiger partial charge on any atom is -0.333 e. The number of thiophene rings is 2. The molecule has 0 bridgehead atoms. The van der Waals surface area contributed by atoms with E-state index >= 15 is 0 Å². The first kappa shape index (κ1) is 15.3. The SMILES string of the molecule is O=S(=O)(Nc1ccsc1-c1nc(C2CC2)no1)c1ccc(Br)s1. The summed E-state index contributed by atoms with van der Waals surface area (Å²) >= 11 is 5.78. The van der Waals surface area contributed by atoms with E-state index in [0.717, 1.165) is 28.0 Å². The minimum absolute atomic E-state index is 0.241. The van der Waals surface area contributed by atoms with Crippen LogP contribution in [-0.4, -0.2) is 18.6 Å². The zero-order chi connectivity index (χ0) is 16.0. The lowest BCUT2D eigenvalue weighted by Crippen LogP contribution is -2.11. The first-order valence-corrected chi connectivity index (χ1v) is 10.7. The largest absolute Gasteiger partial charge is 0.333 e. The second-order valence-electron chi connectivity index (χ2n) is 5.06. The molecule has 0 spiro atoms. The van der Waals surface area contributed by atoms with E-state index in [1.165, 1.54) is 11.3 Å². The predicted molar refractivity (Wildman–Crippen MR) is 92.4 cm³/mol. The molecule has 23 heavy (non-hydrogen) atoms. The van der Waals surface area contributed by atoms with Gasteiger partial charge in [0.2, 0.25) is 0 Å². The number of hydrogen-bond acceptors (Lipinski definition) is 7. The van der Waals surface area contributed by atoms with E-state index < -0.39 is 10.0 Å². The van der Waals surface area contributed by atoms with Crippen LogP contribution in [0.1, 0.15) is 24.6 Å². The summed E-state index contributed by atoms with van der Waals surface area (Å²) in [5.74, 6) is 1.44. The topological polar surface area (TPSA) is 85.1 Å². The molecule has 4 rings (SSSR count). The Hall–Kier alpha value is -1.23. The Kier molecular flexibility index (Phi) is 3.79. The molecule has 10 heteroatoms. The van der Waals surface area contributed by atoms with Gasteiger partial charge in [0, 0.05) is 5.92 Å². The van der Waals surface area contributed by atoms with Crippen molar-refractivity contribution in [3.8, 4) is 10.8 Å². The number of nitrogens with one attached hydrogen (secondary N) is 1. The maximum atomic E-state index is 12.4. The highest BCUT2D eigenvalue weighted by molar-refractivity contribution is 9.11. The standard InChI is InChI=1S/C13H10BrN3O3S3/c14-9-3-4-10(22-9)23(18,19)17-8-5-6-21-11(8)13-15-12(16-20-13)7-1-2-7/h3-7,17H,1-2H2. The quantitative estimate of drug-likeness (QED) is 0.650. The van der Waals surface area contributed by atoms with Crippen molar-refractivity contribution >= 4 is 54.3 Å². The Morgan fingerprint density at radius 3 is 2.83 bits per heavy atom. The second kappa shape index (κ2) is 5.69. The van der Waals surface area contributed by atoms with Gasteiger partial charge in [0.05, 0.1) is 9.47 Å². The van der Waals surface area contributed by atoms with Gasteiger partial charge in [-0.2, -0.15) is 4.98 Å². The zero-order valence-electron chi connectivity index (χ0n) is 11.5. The summed E-state index contributed by atoms with van der Waals surface area (Å²) in [5, 5.41) is 5.76. The highest BCUT2D eigenvalue weighted by Crippen LogP contribution is 2.41. The van der Waals surface area contributed by atoms with E-state index in [9.17, 15) is 8.42 Å². The summed E-state index contributed by atoms with van der Waals surface area (Å²) in [6.07, 6.45) is 2.16. The van der Waals surface area contributed by atoms with Crippen LogP contribution < -0.4 is 4.72 Å². The van der Waals surface area contributed by atoms with Crippen LogP contribution in [0.25, 0.3) is 10.8 Å². The van der Waals surface area contributed by atoms with Crippen LogP contribution in [0.15, 0.2) is 36.1 Å². The van der Waals surface area contributed by atoms with Crippen molar-refractivity contribution < 1.29 is 12.9 Å². The van der Waals surface area contributed by atoms with E-state index in [4.69, 9.17) is 4.52 Å². The van der Waals surface area contributed by atoms with E-state index in [0.29, 0.717) is 28.2 Å². The molecule has 1 fully saturated rings. The summed E-state index contributed by atoms with van der Waals surface area (Å²) in [6, 6.07) is 4.95. The molecule has 1 saturated carbocycles. The molecule has 1 N–H and O–H groups in total. The fraction of sp³-hybridized carbons (Fsp3) is 0.231. The molecule has 3 heterocycles. The molecule has 1 aliphatic rings. The monoisotopic (exact) mass is 431 g/mol. The van der Waals surface area contributed by atoms with Gasteiger partial charge in [-0.05, 0) is 52.4 Å². The van der Waals surface area contributed by atoms with Crippen LogP contribution in [0, 0.1) is 0 Å². The van der Waals surface area contributed by atoms with E-state index in [1.807, 2.05) is 0 Å². The Morgan fingerprint density at radius 2 is 2.13 bits per heavy atom. The van der Waals surface area contributed by atoms with Crippen molar-refractivity contribution in [3.05, 3.63) is 33.2 Å². The lowest BCUT2D eigenvalue weighted by molar-refractivity contribution is 0.423. The molecule has 3 aromatic rings. The number of rotatable bonds is 5. The van der Waals surface area contributed by atoms with Gasteiger partial charge in [-0.3, -0.25) is 4.72 Å². The van der Waals surface area contributed by atoms with Gasteiger partial charge in [-0.15, -0.1) is 22.7 Å². The molecule has 0 unspecified atom stereocenters. The number of anilines is 1. The van der Waals surface area contributed by atoms with E-state index in [-0.39, 0.29) is 4.21 Å². The maximum absolute atomic E-state index is 12.4. The molecular weight excluding hydrogens is 422 g/mol. The summed E-state index contributed by atoms with van der Waals surface area (Å²) in [6.45, 7) is 0. The van der Waals surface area contributed by atoms with Gasteiger partial charge in [-0.1, -0.05) is 5.16 Å². The average molecular weight is 432 g/mol. The molecule has 120 valence electrons. The number of halogens is 1. The van der Waals surface area contributed by atoms with Crippen molar-refractivity contribution in [2.45, 2.75) is 23.0 Å². The van der Waals surface area contributed by atoms with Crippen LogP contribution >= 0.6 is 38.6 Å². The normalized spacial score (nSPS) is 15.0. The zero-order valence-corrected chi connectivity index (χ0v) is 15.6. The number of sulfonamides is 1. The summed E-state index contributed by atoms with van der Waals surface area (Å²) in [7, 11) is -3.63. The van der Waals surface area contributed by atoms with Gasteiger partial charge in [-0.25, -0.2) is 8.42 Å². The molecule has 1 aliphatic carbocycles. The molecule has 0 aliphatic heterocycles. The molecule has 0 aromatic carbocycles. The molecule has 0 atom stereocenters. The Bertz CT molecular complexity index is 956. The maximum Gasteiger partial charge on any atom is 0.271 e. The molecule has 0 radical (unpaired) electrons. The predicted octanol–water partition coefficient (Wildman–Crippen LogP) is 4.30. The molecule has 3 aromatic heterocycles. The smallest absolute Gasteiger partial charge is 0.271 e. The number of aromatic nitrogens is 2. The molecule has 6 nitrogen and oxygen atoms in total. The van der Waals surface area contributed by atoms with E-state index in [1.54, 1.807) is 23.6 Å². The van der Waals surface area contributed by atoms with E-state index in [2.05, 4.69) is 30.8 Å². The van der Waals surface area contributed by atoms with Crippen molar-refractivity contribution in [2.24, 2.45) is 0 Å². The Labute approximate surface area is 148 Å². The molecular formula is C13H10BrN3O3S3. The summed E-state index contributed by atoms with van der Waals surface area (Å²) in [5.41, 5.74) is 0.450. The van der Waals surface area contributed by atoms with Crippen LogP contribution in [0.5, 0.6) is 0 Å². The van der Waals surface area contributed by atoms with Crippen LogP contribution in [0.2, 0.25) is 0 Å². The fourth-order valence-corrected chi connectivity index (χ4v) is 5.94. The molecule has 0 saturated heterocycles. The van der Waals surface area contributed by atoms with Crippen LogP contribution in [0.4, 0.5) is 5.69 Å². The first-order valence-electron chi connectivity index (χ1n) is 6.72. The highest BCUT2D eigenvalue weighted by Gasteiger charge is 2.30. The van der Waals surface area contributed by atoms with Crippen molar-refractivity contribution in [1.82, 2.24) is 10.1 Å². The summed E-state index contributed by atoms with van der Waals surface area (Å²) in [4.78, 5) is 5.00. The van der Waals surface area contributed by atoms with Gasteiger partial charge in [0.15, 0.2) is 5.82 Å². The third-order valence-electron chi connectivity index (χ3n) is 3.30. The summed E-state index contributed by atoms with van der Waals surface area (Å²) < 4.78 is 33.8. The number of nitrogens with zero attached hydrogens (tertiary/aromatic N) is 2. The van der Waals surface area contributed by atoms with Crippen molar-refractivity contribution in [3.63, 3.8) is 0 Å². The first-order chi connectivity index (χ1) is 11.0. The van der Waals surface area contributed by atoms with Gasteiger partial charge >= 0.3 is 0 Å². The minimum atomic E-state index is -3.63. The lowest BCUT2D eigenvalue weighted by atomic mass is 10.4. The third-order valence-corrected chi connectivity index (χ3v) is 7.68. The Balaban J connectivity index is 1.64. The van der Waals surface area contributed by atoms with Gasteiger partial charge in [0.1, 0.15) is 9.09 Å². The highest BCUT2D eigenvalue weighted by atomic mass is 79.9. The van der Waals surface area contributed by atoms with Crippen molar-refractivity contribution in [2.75, 3.05) is 4.72 Å². The van der Waals surface area contributed by atoms with Crippen LogP contribution in [0.3, 0.4) is 0 Å². The third kappa shape index (κ3) is 3.08. The fourth-order valence-electron chi connectivity index (χ4n) is 2.03.